The number of halogens is 1. The normalized spacial score (nSPS) is 18.8. The molecule has 0 atom stereocenters. The van der Waals surface area contributed by atoms with E-state index in [1.54, 1.807) is 13.0 Å². The number of piperazine rings is 1. The summed E-state index contributed by atoms with van der Waals surface area (Å²) in [6.07, 6.45) is 0. The maximum atomic E-state index is 13.1. The Balaban J connectivity index is 2.30. The van der Waals surface area contributed by atoms with Crippen LogP contribution in [0.1, 0.15) is 29.8 Å². The third kappa shape index (κ3) is 2.38. The average molecular weight is 250 g/mol. The van der Waals surface area contributed by atoms with Crippen LogP contribution in [0, 0.1) is 12.7 Å². The fourth-order valence-electron chi connectivity index (χ4n) is 2.37. The molecule has 0 saturated carbocycles. The van der Waals surface area contributed by atoms with E-state index in [2.05, 4.69) is 5.32 Å². The van der Waals surface area contributed by atoms with Crippen molar-refractivity contribution in [2.24, 2.45) is 0 Å². The molecule has 0 spiro atoms. The lowest BCUT2D eigenvalue weighted by Crippen LogP contribution is -2.59. The first-order valence-electron chi connectivity index (χ1n) is 6.21. The molecule has 1 heterocycles. The molecule has 98 valence electrons. The van der Waals surface area contributed by atoms with E-state index in [9.17, 15) is 9.18 Å². The van der Waals surface area contributed by atoms with Crippen molar-refractivity contribution in [1.82, 2.24) is 10.2 Å². The molecule has 3 nitrogen and oxygen atoms in total. The summed E-state index contributed by atoms with van der Waals surface area (Å²) in [4.78, 5) is 14.4. The van der Waals surface area contributed by atoms with Gasteiger partial charge in [0.1, 0.15) is 5.82 Å². The van der Waals surface area contributed by atoms with Crippen LogP contribution in [-0.4, -0.2) is 36.0 Å². The quantitative estimate of drug-likeness (QED) is 0.826. The highest BCUT2D eigenvalue weighted by atomic mass is 19.1. The second-order valence-corrected chi connectivity index (χ2v) is 5.41. The summed E-state index contributed by atoms with van der Waals surface area (Å²) in [6.45, 7) is 8.11. The molecule has 1 aromatic carbocycles. The van der Waals surface area contributed by atoms with Crippen molar-refractivity contribution >= 4 is 5.91 Å². The lowest BCUT2D eigenvalue weighted by molar-refractivity contribution is 0.0476. The first kappa shape index (κ1) is 13.0. The zero-order valence-corrected chi connectivity index (χ0v) is 11.1. The van der Waals surface area contributed by atoms with Crippen molar-refractivity contribution in [2.75, 3.05) is 19.6 Å². The van der Waals surface area contributed by atoms with Gasteiger partial charge in [-0.25, -0.2) is 4.39 Å². The highest BCUT2D eigenvalue weighted by molar-refractivity contribution is 5.96. The van der Waals surface area contributed by atoms with Crippen molar-refractivity contribution in [3.05, 3.63) is 35.1 Å². The molecule has 0 unspecified atom stereocenters. The molecular weight excluding hydrogens is 231 g/mol. The fourth-order valence-corrected chi connectivity index (χ4v) is 2.37. The first-order valence-corrected chi connectivity index (χ1v) is 6.21. The SMILES string of the molecule is Cc1cc(F)ccc1C(=O)N1CCNCC1(C)C. The topological polar surface area (TPSA) is 32.3 Å². The molecule has 1 aliphatic rings. The van der Waals surface area contributed by atoms with Gasteiger partial charge in [0.15, 0.2) is 0 Å². The fraction of sp³-hybridized carbons (Fsp3) is 0.500. The minimum atomic E-state index is -0.302. The zero-order chi connectivity index (χ0) is 13.3. The van der Waals surface area contributed by atoms with Crippen molar-refractivity contribution < 1.29 is 9.18 Å². The number of benzene rings is 1. The Labute approximate surface area is 107 Å². The Morgan fingerprint density at radius 3 is 2.78 bits per heavy atom. The number of rotatable bonds is 1. The highest BCUT2D eigenvalue weighted by Gasteiger charge is 2.34. The van der Waals surface area contributed by atoms with Gasteiger partial charge in [0.05, 0.1) is 5.54 Å². The molecule has 1 aromatic rings. The molecule has 18 heavy (non-hydrogen) atoms. The second kappa shape index (κ2) is 4.69. The van der Waals surface area contributed by atoms with E-state index >= 15 is 0 Å². The number of nitrogens with zero attached hydrogens (tertiary/aromatic N) is 1. The molecule has 0 aromatic heterocycles. The van der Waals surface area contributed by atoms with E-state index in [4.69, 9.17) is 0 Å². The number of hydrogen-bond donors (Lipinski definition) is 1. The molecule has 1 N–H and O–H groups in total. The standard InChI is InChI=1S/C14H19FN2O/c1-10-8-11(15)4-5-12(10)13(18)17-7-6-16-9-14(17,2)3/h4-5,8,16H,6-7,9H2,1-3H3. The van der Waals surface area contributed by atoms with Gasteiger partial charge in [-0.1, -0.05) is 0 Å². The first-order chi connectivity index (χ1) is 8.42. The van der Waals surface area contributed by atoms with Gasteiger partial charge in [0.25, 0.3) is 5.91 Å². The monoisotopic (exact) mass is 250 g/mol. The van der Waals surface area contributed by atoms with E-state index in [1.807, 2.05) is 18.7 Å². The summed E-state index contributed by atoms with van der Waals surface area (Å²) < 4.78 is 13.1. The van der Waals surface area contributed by atoms with Crippen LogP contribution in [-0.2, 0) is 0 Å². The number of carbonyl (C=O) groups is 1. The summed E-state index contributed by atoms with van der Waals surface area (Å²) >= 11 is 0. The number of aryl methyl sites for hydroxylation is 1. The third-order valence-corrected chi connectivity index (χ3v) is 3.46. The van der Waals surface area contributed by atoms with Gasteiger partial charge in [0, 0.05) is 25.2 Å². The van der Waals surface area contributed by atoms with E-state index in [1.165, 1.54) is 12.1 Å². The van der Waals surface area contributed by atoms with Crippen LogP contribution >= 0.6 is 0 Å². The van der Waals surface area contributed by atoms with Crippen LogP contribution in [0.2, 0.25) is 0 Å². The molecule has 1 saturated heterocycles. The largest absolute Gasteiger partial charge is 0.331 e. The molecule has 0 radical (unpaired) electrons. The Kier molecular flexibility index (Phi) is 3.39. The van der Waals surface area contributed by atoms with Gasteiger partial charge in [-0.15, -0.1) is 0 Å². The molecule has 0 bridgehead atoms. The van der Waals surface area contributed by atoms with Gasteiger partial charge in [-0.3, -0.25) is 4.79 Å². The van der Waals surface area contributed by atoms with Crippen molar-refractivity contribution in [1.29, 1.82) is 0 Å². The third-order valence-electron chi connectivity index (χ3n) is 3.46. The van der Waals surface area contributed by atoms with Crippen LogP contribution in [0.4, 0.5) is 4.39 Å². The lowest BCUT2D eigenvalue weighted by Gasteiger charge is -2.43. The van der Waals surface area contributed by atoms with Crippen molar-refractivity contribution in [3.8, 4) is 0 Å². The number of amides is 1. The van der Waals surface area contributed by atoms with Crippen LogP contribution in [0.25, 0.3) is 0 Å². The Hall–Kier alpha value is -1.42. The van der Waals surface area contributed by atoms with Gasteiger partial charge in [-0.2, -0.15) is 0 Å². The predicted octanol–water partition coefficient (Wildman–Crippen LogP) is 1.96. The lowest BCUT2D eigenvalue weighted by atomic mass is 9.97. The van der Waals surface area contributed by atoms with E-state index in [-0.39, 0.29) is 17.3 Å². The molecule has 2 rings (SSSR count). The van der Waals surface area contributed by atoms with Crippen LogP contribution in [0.3, 0.4) is 0 Å². The van der Waals surface area contributed by atoms with Gasteiger partial charge < -0.3 is 10.2 Å². The Morgan fingerprint density at radius 2 is 2.17 bits per heavy atom. The van der Waals surface area contributed by atoms with Crippen LogP contribution < -0.4 is 5.32 Å². The summed E-state index contributed by atoms with van der Waals surface area (Å²) in [6, 6.07) is 4.32. The van der Waals surface area contributed by atoms with Gasteiger partial charge in [-0.05, 0) is 44.5 Å². The van der Waals surface area contributed by atoms with Gasteiger partial charge in [0.2, 0.25) is 0 Å². The highest BCUT2D eigenvalue weighted by Crippen LogP contribution is 2.21. The zero-order valence-electron chi connectivity index (χ0n) is 11.1. The van der Waals surface area contributed by atoms with Crippen LogP contribution in [0.5, 0.6) is 0 Å². The van der Waals surface area contributed by atoms with Crippen molar-refractivity contribution in [3.63, 3.8) is 0 Å². The summed E-state index contributed by atoms with van der Waals surface area (Å²) in [5.41, 5.74) is 1.07. The molecule has 1 amide bonds. The average Bonchev–Trinajstić information content (AvgIpc) is 2.27. The smallest absolute Gasteiger partial charge is 0.254 e. The summed E-state index contributed by atoms with van der Waals surface area (Å²) in [7, 11) is 0. The molecule has 1 fully saturated rings. The summed E-state index contributed by atoms with van der Waals surface area (Å²) in [5.74, 6) is -0.317. The molecule has 4 heteroatoms. The second-order valence-electron chi connectivity index (χ2n) is 5.41. The minimum absolute atomic E-state index is 0.0148. The van der Waals surface area contributed by atoms with E-state index in [0.29, 0.717) is 17.7 Å². The maximum Gasteiger partial charge on any atom is 0.254 e. The number of hydrogen-bond acceptors (Lipinski definition) is 2. The maximum absolute atomic E-state index is 13.1. The number of carbonyl (C=O) groups excluding carboxylic acids is 1. The number of nitrogens with one attached hydrogen (secondary N) is 1. The van der Waals surface area contributed by atoms with Crippen LogP contribution in [0.15, 0.2) is 18.2 Å². The van der Waals surface area contributed by atoms with E-state index < -0.39 is 0 Å². The Bertz CT molecular complexity index is 471. The van der Waals surface area contributed by atoms with Gasteiger partial charge >= 0.3 is 0 Å². The van der Waals surface area contributed by atoms with Crippen molar-refractivity contribution in [2.45, 2.75) is 26.3 Å². The summed E-state index contributed by atoms with van der Waals surface area (Å²) in [5, 5.41) is 3.28. The Morgan fingerprint density at radius 1 is 1.44 bits per heavy atom. The molecule has 1 aliphatic heterocycles. The predicted molar refractivity (Wildman–Crippen MR) is 69.1 cm³/mol. The minimum Gasteiger partial charge on any atom is -0.331 e. The molecular formula is C14H19FN2O. The van der Waals surface area contributed by atoms with E-state index in [0.717, 1.165) is 13.1 Å². The molecule has 0 aliphatic carbocycles.